The zero-order chi connectivity index (χ0) is 13.1. The highest BCUT2D eigenvalue weighted by atomic mass is 16.5. The van der Waals surface area contributed by atoms with Crippen LogP contribution in [0.15, 0.2) is 0 Å². The number of methoxy groups -OCH3 is 1. The number of rotatable bonds is 9. The number of esters is 1. The third kappa shape index (κ3) is 7.72. The van der Waals surface area contributed by atoms with E-state index in [1.807, 2.05) is 6.92 Å². The third-order valence-corrected chi connectivity index (χ3v) is 2.48. The molecule has 0 aliphatic carbocycles. The van der Waals surface area contributed by atoms with E-state index < -0.39 is 0 Å². The Morgan fingerprint density at radius 2 is 2.18 bits per heavy atom. The Labute approximate surface area is 103 Å². The van der Waals surface area contributed by atoms with Crippen LogP contribution in [-0.4, -0.2) is 50.3 Å². The monoisotopic (exact) mass is 242 g/mol. The number of nitriles is 1. The molecular weight excluding hydrogens is 220 g/mol. The molecule has 0 aromatic heterocycles. The van der Waals surface area contributed by atoms with Crippen molar-refractivity contribution in [2.45, 2.75) is 32.7 Å². The van der Waals surface area contributed by atoms with Crippen molar-refractivity contribution in [1.82, 2.24) is 4.90 Å². The molecule has 5 nitrogen and oxygen atoms in total. The smallest absolute Gasteiger partial charge is 0.307 e. The van der Waals surface area contributed by atoms with Crippen molar-refractivity contribution in [3.63, 3.8) is 0 Å². The predicted octanol–water partition coefficient (Wildman–Crippen LogP) is 1.19. The summed E-state index contributed by atoms with van der Waals surface area (Å²) < 4.78 is 9.92. The first-order valence-electron chi connectivity index (χ1n) is 5.91. The molecule has 0 radical (unpaired) electrons. The molecule has 0 heterocycles. The first-order valence-corrected chi connectivity index (χ1v) is 5.91. The maximum atomic E-state index is 11.4. The van der Waals surface area contributed by atoms with Crippen molar-refractivity contribution in [2.24, 2.45) is 0 Å². The largest absolute Gasteiger partial charge is 0.466 e. The number of ether oxygens (including phenoxy) is 2. The quantitative estimate of drug-likeness (QED) is 0.568. The molecule has 0 saturated carbocycles. The molecule has 1 unspecified atom stereocenters. The van der Waals surface area contributed by atoms with E-state index in [2.05, 4.69) is 11.0 Å². The third-order valence-electron chi connectivity index (χ3n) is 2.48. The van der Waals surface area contributed by atoms with E-state index in [9.17, 15) is 4.79 Å². The Hall–Kier alpha value is -1.12. The first kappa shape index (κ1) is 15.9. The lowest BCUT2D eigenvalue weighted by atomic mass is 10.2. The average Bonchev–Trinajstić information content (AvgIpc) is 2.29. The van der Waals surface area contributed by atoms with Gasteiger partial charge in [0.05, 0.1) is 25.7 Å². The van der Waals surface area contributed by atoms with Gasteiger partial charge in [0.15, 0.2) is 0 Å². The van der Waals surface area contributed by atoms with Crippen LogP contribution in [0.1, 0.15) is 26.7 Å². The normalized spacial score (nSPS) is 12.2. The van der Waals surface area contributed by atoms with Crippen LogP contribution in [0.25, 0.3) is 0 Å². The lowest BCUT2D eigenvalue weighted by Gasteiger charge is -2.27. The number of nitrogens with zero attached hydrogens (tertiary/aromatic N) is 2. The standard InChI is InChI=1S/C12H22N2O3/c1-4-17-12(15)10-11(2)14(7-5-6-13)8-9-16-3/h11H,4-5,7-10H2,1-3H3. The molecule has 0 aromatic carbocycles. The molecule has 98 valence electrons. The maximum absolute atomic E-state index is 11.4. The molecule has 0 saturated heterocycles. The summed E-state index contributed by atoms with van der Waals surface area (Å²) in [7, 11) is 1.64. The number of carbonyl (C=O) groups excluding carboxylic acids is 1. The SMILES string of the molecule is CCOC(=O)CC(C)N(CCC#N)CCOC. The molecular formula is C12H22N2O3. The van der Waals surface area contributed by atoms with Crippen LogP contribution < -0.4 is 0 Å². The summed E-state index contributed by atoms with van der Waals surface area (Å²) in [4.78, 5) is 13.4. The van der Waals surface area contributed by atoms with E-state index in [1.165, 1.54) is 0 Å². The van der Waals surface area contributed by atoms with Crippen LogP contribution in [0.4, 0.5) is 0 Å². The lowest BCUT2D eigenvalue weighted by Crippen LogP contribution is -2.38. The zero-order valence-electron chi connectivity index (χ0n) is 10.9. The van der Waals surface area contributed by atoms with Crippen molar-refractivity contribution >= 4 is 5.97 Å². The molecule has 0 aliphatic rings. The van der Waals surface area contributed by atoms with Gasteiger partial charge in [0.1, 0.15) is 0 Å². The van der Waals surface area contributed by atoms with Crippen LogP contribution in [0, 0.1) is 11.3 Å². The highest BCUT2D eigenvalue weighted by Gasteiger charge is 2.17. The van der Waals surface area contributed by atoms with Gasteiger partial charge in [-0.25, -0.2) is 0 Å². The highest BCUT2D eigenvalue weighted by molar-refractivity contribution is 5.70. The summed E-state index contributed by atoms with van der Waals surface area (Å²) in [6.07, 6.45) is 0.805. The number of hydrogen-bond acceptors (Lipinski definition) is 5. The van der Waals surface area contributed by atoms with Gasteiger partial charge in [-0.2, -0.15) is 5.26 Å². The maximum Gasteiger partial charge on any atom is 0.307 e. The van der Waals surface area contributed by atoms with Gasteiger partial charge in [-0.3, -0.25) is 9.69 Å². The molecule has 5 heteroatoms. The Morgan fingerprint density at radius 1 is 1.47 bits per heavy atom. The van der Waals surface area contributed by atoms with Crippen molar-refractivity contribution in [3.8, 4) is 6.07 Å². The topological polar surface area (TPSA) is 62.6 Å². The van der Waals surface area contributed by atoms with E-state index in [1.54, 1.807) is 14.0 Å². The van der Waals surface area contributed by atoms with Crippen LogP contribution >= 0.6 is 0 Å². The first-order chi connectivity index (χ1) is 8.15. The lowest BCUT2D eigenvalue weighted by molar-refractivity contribution is -0.144. The van der Waals surface area contributed by atoms with Crippen LogP contribution in [0.5, 0.6) is 0 Å². The van der Waals surface area contributed by atoms with Gasteiger partial charge in [0, 0.05) is 32.7 Å². The molecule has 0 rings (SSSR count). The van der Waals surface area contributed by atoms with Gasteiger partial charge in [-0.05, 0) is 13.8 Å². The van der Waals surface area contributed by atoms with Gasteiger partial charge in [0.25, 0.3) is 0 Å². The minimum atomic E-state index is -0.195. The van der Waals surface area contributed by atoms with Crippen molar-refractivity contribution in [2.75, 3.05) is 33.4 Å². The van der Waals surface area contributed by atoms with Gasteiger partial charge >= 0.3 is 5.97 Å². The summed E-state index contributed by atoms with van der Waals surface area (Å²) in [6.45, 7) is 6.13. The van der Waals surface area contributed by atoms with Gasteiger partial charge in [-0.15, -0.1) is 0 Å². The van der Waals surface area contributed by atoms with E-state index in [-0.39, 0.29) is 12.0 Å². The Kier molecular flexibility index (Phi) is 9.40. The van der Waals surface area contributed by atoms with Crippen LogP contribution in [0.3, 0.4) is 0 Å². The average molecular weight is 242 g/mol. The Morgan fingerprint density at radius 3 is 2.71 bits per heavy atom. The highest BCUT2D eigenvalue weighted by Crippen LogP contribution is 2.06. The molecule has 0 aliphatic heterocycles. The molecule has 0 aromatic rings. The summed E-state index contributed by atoms with van der Waals surface area (Å²) in [5.74, 6) is -0.195. The van der Waals surface area contributed by atoms with Gasteiger partial charge in [0.2, 0.25) is 0 Å². The Balaban J connectivity index is 4.15. The molecule has 17 heavy (non-hydrogen) atoms. The fourth-order valence-electron chi connectivity index (χ4n) is 1.54. The molecule has 0 amide bonds. The fraction of sp³-hybridized carbons (Fsp3) is 0.833. The van der Waals surface area contributed by atoms with Gasteiger partial charge < -0.3 is 9.47 Å². The second-order valence-corrected chi connectivity index (χ2v) is 3.80. The minimum absolute atomic E-state index is 0.0672. The summed E-state index contributed by atoms with van der Waals surface area (Å²) >= 11 is 0. The fourth-order valence-corrected chi connectivity index (χ4v) is 1.54. The second-order valence-electron chi connectivity index (χ2n) is 3.80. The predicted molar refractivity (Wildman–Crippen MR) is 64.4 cm³/mol. The molecule has 1 atom stereocenters. The number of hydrogen-bond donors (Lipinski definition) is 0. The van der Waals surface area contributed by atoms with Crippen LogP contribution in [0.2, 0.25) is 0 Å². The minimum Gasteiger partial charge on any atom is -0.466 e. The molecule has 0 fully saturated rings. The van der Waals surface area contributed by atoms with Crippen molar-refractivity contribution in [1.29, 1.82) is 5.26 Å². The Bertz CT molecular complexity index is 251. The number of carbonyl (C=O) groups is 1. The molecule has 0 N–H and O–H groups in total. The molecule has 0 spiro atoms. The van der Waals surface area contributed by atoms with Crippen molar-refractivity contribution < 1.29 is 14.3 Å². The van der Waals surface area contributed by atoms with Gasteiger partial charge in [-0.1, -0.05) is 0 Å². The van der Waals surface area contributed by atoms with Crippen LogP contribution in [-0.2, 0) is 14.3 Å². The second kappa shape index (κ2) is 10.1. The van der Waals surface area contributed by atoms with E-state index in [0.29, 0.717) is 32.6 Å². The zero-order valence-corrected chi connectivity index (χ0v) is 10.9. The summed E-state index contributed by atoms with van der Waals surface area (Å²) in [5, 5.41) is 8.59. The summed E-state index contributed by atoms with van der Waals surface area (Å²) in [6, 6.07) is 2.18. The van der Waals surface area contributed by atoms with E-state index >= 15 is 0 Å². The van der Waals surface area contributed by atoms with E-state index in [0.717, 1.165) is 6.54 Å². The molecule has 0 bridgehead atoms. The summed E-state index contributed by atoms with van der Waals surface area (Å²) in [5.41, 5.74) is 0. The van der Waals surface area contributed by atoms with Crippen molar-refractivity contribution in [3.05, 3.63) is 0 Å². The van der Waals surface area contributed by atoms with E-state index in [4.69, 9.17) is 14.7 Å².